The van der Waals surface area contributed by atoms with Crippen LogP contribution >= 0.6 is 11.3 Å². The second-order valence-electron chi connectivity index (χ2n) is 6.61. The zero-order chi connectivity index (χ0) is 17.9. The molecular weight excluding hydrogens is 347 g/mol. The standard InChI is InChI=1S/C22H21FO2S/c1-15-2-4-16(5-3-15)17-6-7-19(20(23)14-17)21-8-9-22(26-21)25-18-10-12-24-13-11-18/h2-9,14,18H,10-13H2,1H3. The zero-order valence-electron chi connectivity index (χ0n) is 14.7. The molecule has 2 nitrogen and oxygen atoms in total. The molecule has 0 bridgehead atoms. The van der Waals surface area contributed by atoms with E-state index < -0.39 is 0 Å². The Hall–Kier alpha value is -2.17. The summed E-state index contributed by atoms with van der Waals surface area (Å²) in [5, 5.41) is 0.842. The van der Waals surface area contributed by atoms with Crippen molar-refractivity contribution in [1.82, 2.24) is 0 Å². The summed E-state index contributed by atoms with van der Waals surface area (Å²) in [5.41, 5.74) is 3.73. The van der Waals surface area contributed by atoms with Crippen LogP contribution in [0.1, 0.15) is 18.4 Å². The van der Waals surface area contributed by atoms with E-state index in [0.717, 1.165) is 47.1 Å². The SMILES string of the molecule is Cc1ccc(-c2ccc(-c3ccc(OC4CCOCC4)s3)c(F)c2)cc1. The number of thiophene rings is 1. The van der Waals surface area contributed by atoms with Gasteiger partial charge in [0.05, 0.1) is 13.2 Å². The molecule has 1 aromatic heterocycles. The fourth-order valence-electron chi connectivity index (χ4n) is 3.13. The average molecular weight is 368 g/mol. The molecule has 0 saturated carbocycles. The minimum Gasteiger partial charge on any atom is -0.481 e. The van der Waals surface area contributed by atoms with Crippen LogP contribution < -0.4 is 4.74 Å². The predicted octanol–water partition coefficient (Wildman–Crippen LogP) is 6.09. The number of benzene rings is 2. The van der Waals surface area contributed by atoms with Gasteiger partial charge in [0.1, 0.15) is 11.9 Å². The van der Waals surface area contributed by atoms with Gasteiger partial charge in [-0.2, -0.15) is 0 Å². The minimum absolute atomic E-state index is 0.198. The molecule has 0 spiro atoms. The van der Waals surface area contributed by atoms with E-state index in [1.807, 2.05) is 55.5 Å². The number of aryl methyl sites for hydroxylation is 1. The third-order valence-corrected chi connectivity index (χ3v) is 5.66. The highest BCUT2D eigenvalue weighted by molar-refractivity contribution is 7.17. The Labute approximate surface area is 157 Å². The molecule has 134 valence electrons. The van der Waals surface area contributed by atoms with Crippen LogP contribution in [0, 0.1) is 12.7 Å². The maximum absolute atomic E-state index is 14.7. The van der Waals surface area contributed by atoms with Crippen LogP contribution in [0.15, 0.2) is 54.6 Å². The fourth-order valence-corrected chi connectivity index (χ4v) is 4.08. The van der Waals surface area contributed by atoms with Gasteiger partial charge in [-0.15, -0.1) is 0 Å². The van der Waals surface area contributed by atoms with Gasteiger partial charge in [0.15, 0.2) is 5.06 Å². The zero-order valence-corrected chi connectivity index (χ0v) is 15.5. The number of ether oxygens (including phenoxy) is 2. The minimum atomic E-state index is -0.206. The van der Waals surface area contributed by atoms with Crippen LogP contribution in [0.25, 0.3) is 21.6 Å². The maximum atomic E-state index is 14.7. The number of hydrogen-bond donors (Lipinski definition) is 0. The number of halogens is 1. The molecule has 1 fully saturated rings. The van der Waals surface area contributed by atoms with Crippen molar-refractivity contribution in [3.63, 3.8) is 0 Å². The summed E-state index contributed by atoms with van der Waals surface area (Å²) in [4.78, 5) is 0.889. The molecule has 0 atom stereocenters. The summed E-state index contributed by atoms with van der Waals surface area (Å²) in [6.07, 6.45) is 2.02. The molecule has 4 heteroatoms. The molecular formula is C22H21FO2S. The van der Waals surface area contributed by atoms with Gasteiger partial charge in [-0.3, -0.25) is 0 Å². The Morgan fingerprint density at radius 1 is 0.962 bits per heavy atom. The smallest absolute Gasteiger partial charge is 0.174 e. The highest BCUT2D eigenvalue weighted by atomic mass is 32.1. The average Bonchev–Trinajstić information content (AvgIpc) is 3.11. The molecule has 1 saturated heterocycles. The molecule has 0 amide bonds. The molecule has 1 aliphatic heterocycles. The monoisotopic (exact) mass is 368 g/mol. The topological polar surface area (TPSA) is 18.5 Å². The van der Waals surface area contributed by atoms with Crippen molar-refractivity contribution < 1.29 is 13.9 Å². The van der Waals surface area contributed by atoms with E-state index in [1.165, 1.54) is 16.9 Å². The maximum Gasteiger partial charge on any atom is 0.174 e. The van der Waals surface area contributed by atoms with Crippen molar-refractivity contribution in [2.75, 3.05) is 13.2 Å². The van der Waals surface area contributed by atoms with Gasteiger partial charge in [-0.25, -0.2) is 4.39 Å². The summed E-state index contributed by atoms with van der Waals surface area (Å²) in [5.74, 6) is -0.206. The van der Waals surface area contributed by atoms with E-state index >= 15 is 0 Å². The van der Waals surface area contributed by atoms with Crippen molar-refractivity contribution in [3.8, 4) is 26.6 Å². The molecule has 3 aromatic rings. The van der Waals surface area contributed by atoms with Crippen molar-refractivity contribution >= 4 is 11.3 Å². The van der Waals surface area contributed by atoms with Gasteiger partial charge in [0.25, 0.3) is 0 Å². The van der Waals surface area contributed by atoms with Crippen LogP contribution in [0.2, 0.25) is 0 Å². The van der Waals surface area contributed by atoms with Crippen LogP contribution in [-0.4, -0.2) is 19.3 Å². The van der Waals surface area contributed by atoms with E-state index in [4.69, 9.17) is 9.47 Å². The Morgan fingerprint density at radius 2 is 1.69 bits per heavy atom. The quantitative estimate of drug-likeness (QED) is 0.555. The first-order valence-corrected chi connectivity index (χ1v) is 9.72. The first-order valence-electron chi connectivity index (χ1n) is 8.90. The summed E-state index contributed by atoms with van der Waals surface area (Å²) in [7, 11) is 0. The first-order chi connectivity index (χ1) is 12.7. The highest BCUT2D eigenvalue weighted by Gasteiger charge is 2.17. The Kier molecular flexibility index (Phi) is 5.05. The van der Waals surface area contributed by atoms with Crippen LogP contribution in [0.4, 0.5) is 4.39 Å². The lowest BCUT2D eigenvalue weighted by Crippen LogP contribution is -2.25. The van der Waals surface area contributed by atoms with Crippen LogP contribution in [0.5, 0.6) is 5.06 Å². The molecule has 2 aromatic carbocycles. The van der Waals surface area contributed by atoms with Crippen molar-refractivity contribution in [2.45, 2.75) is 25.9 Å². The van der Waals surface area contributed by atoms with Gasteiger partial charge >= 0.3 is 0 Å². The van der Waals surface area contributed by atoms with Crippen molar-refractivity contribution in [2.24, 2.45) is 0 Å². The molecule has 4 rings (SSSR count). The van der Waals surface area contributed by atoms with E-state index in [2.05, 4.69) is 0 Å². The van der Waals surface area contributed by atoms with E-state index in [-0.39, 0.29) is 11.9 Å². The summed E-state index contributed by atoms with van der Waals surface area (Å²) >= 11 is 1.49. The summed E-state index contributed by atoms with van der Waals surface area (Å²) < 4.78 is 26.1. The van der Waals surface area contributed by atoms with E-state index in [0.29, 0.717) is 5.56 Å². The molecule has 0 aliphatic carbocycles. The number of rotatable bonds is 4. The molecule has 26 heavy (non-hydrogen) atoms. The highest BCUT2D eigenvalue weighted by Crippen LogP contribution is 2.36. The fraction of sp³-hybridized carbons (Fsp3) is 0.273. The van der Waals surface area contributed by atoms with Gasteiger partial charge in [0.2, 0.25) is 0 Å². The molecule has 0 N–H and O–H groups in total. The molecule has 0 radical (unpaired) electrons. The lowest BCUT2D eigenvalue weighted by atomic mass is 10.0. The summed E-state index contributed by atoms with van der Waals surface area (Å²) in [6, 6.07) is 17.4. The van der Waals surface area contributed by atoms with E-state index in [1.54, 1.807) is 6.07 Å². The van der Waals surface area contributed by atoms with Gasteiger partial charge in [-0.1, -0.05) is 47.2 Å². The number of hydrogen-bond acceptors (Lipinski definition) is 3. The lowest BCUT2D eigenvalue weighted by Gasteiger charge is -2.22. The normalized spacial score (nSPS) is 15.2. The van der Waals surface area contributed by atoms with Crippen LogP contribution in [0.3, 0.4) is 0 Å². The second-order valence-corrected chi connectivity index (χ2v) is 7.66. The lowest BCUT2D eigenvalue weighted by molar-refractivity contribution is 0.0271. The van der Waals surface area contributed by atoms with E-state index in [9.17, 15) is 4.39 Å². The molecule has 2 heterocycles. The largest absolute Gasteiger partial charge is 0.481 e. The Morgan fingerprint density at radius 3 is 2.42 bits per heavy atom. The second kappa shape index (κ2) is 7.60. The molecule has 0 unspecified atom stereocenters. The summed E-state index contributed by atoms with van der Waals surface area (Å²) in [6.45, 7) is 3.54. The Balaban J connectivity index is 1.53. The van der Waals surface area contributed by atoms with Crippen molar-refractivity contribution in [3.05, 3.63) is 66.0 Å². The van der Waals surface area contributed by atoms with Gasteiger partial charge < -0.3 is 9.47 Å². The Bertz CT molecular complexity index is 879. The van der Waals surface area contributed by atoms with Gasteiger partial charge in [0, 0.05) is 23.3 Å². The third kappa shape index (κ3) is 3.81. The third-order valence-electron chi connectivity index (χ3n) is 4.65. The predicted molar refractivity (Wildman–Crippen MR) is 104 cm³/mol. The van der Waals surface area contributed by atoms with Gasteiger partial charge in [-0.05, 0) is 42.3 Å². The molecule has 1 aliphatic rings. The van der Waals surface area contributed by atoms with Crippen molar-refractivity contribution in [1.29, 1.82) is 0 Å². The first kappa shape index (κ1) is 17.3. The van der Waals surface area contributed by atoms with Crippen LogP contribution in [-0.2, 0) is 4.74 Å².